The number of ether oxygens (including phenoxy) is 1. The Kier molecular flexibility index (Phi) is 4.70. The molecule has 7 heteroatoms. The van der Waals surface area contributed by atoms with Crippen molar-refractivity contribution in [3.8, 4) is 0 Å². The zero-order valence-electron chi connectivity index (χ0n) is 14.7. The lowest BCUT2D eigenvalue weighted by atomic mass is 9.98. The quantitative estimate of drug-likeness (QED) is 0.628. The van der Waals surface area contributed by atoms with Crippen LogP contribution in [-0.2, 0) is 28.8 Å². The van der Waals surface area contributed by atoms with Crippen LogP contribution < -0.4 is 11.1 Å². The van der Waals surface area contributed by atoms with Gasteiger partial charge in [0, 0.05) is 11.3 Å². The molecule has 1 aromatic carbocycles. The van der Waals surface area contributed by atoms with Crippen LogP contribution in [0.15, 0.2) is 24.3 Å². The first-order chi connectivity index (χ1) is 13.0. The second-order valence-corrected chi connectivity index (χ2v) is 7.98. The molecule has 2 aliphatic rings. The zero-order chi connectivity index (χ0) is 19.0. The van der Waals surface area contributed by atoms with E-state index in [0.29, 0.717) is 22.5 Å². The first-order valence-electron chi connectivity index (χ1n) is 9.08. The number of nitrogens with one attached hydrogen (secondary N) is 1. The molecule has 0 saturated heterocycles. The van der Waals surface area contributed by atoms with E-state index in [1.165, 1.54) is 11.3 Å². The van der Waals surface area contributed by atoms with Gasteiger partial charge in [-0.15, -0.1) is 11.3 Å². The van der Waals surface area contributed by atoms with Gasteiger partial charge < -0.3 is 15.8 Å². The second-order valence-electron chi connectivity index (χ2n) is 6.88. The Balaban J connectivity index is 1.59. The van der Waals surface area contributed by atoms with Crippen molar-refractivity contribution in [2.45, 2.75) is 44.6 Å². The SMILES string of the molecule is NC(=O)c1c(NC(=O)C2Cc3ccccc3C(=O)O2)sc2c1CCCCC2. The topological polar surface area (TPSA) is 98.5 Å². The van der Waals surface area contributed by atoms with Crippen molar-refractivity contribution in [1.29, 1.82) is 0 Å². The van der Waals surface area contributed by atoms with Crippen LogP contribution in [0.1, 0.15) is 56.0 Å². The third kappa shape index (κ3) is 3.35. The van der Waals surface area contributed by atoms with Gasteiger partial charge in [-0.2, -0.15) is 0 Å². The molecule has 0 spiro atoms. The van der Waals surface area contributed by atoms with Gasteiger partial charge in [0.05, 0.1) is 11.1 Å². The Morgan fingerprint density at radius 2 is 1.93 bits per heavy atom. The highest BCUT2D eigenvalue weighted by Crippen LogP contribution is 2.37. The van der Waals surface area contributed by atoms with Crippen molar-refractivity contribution < 1.29 is 19.1 Å². The number of benzene rings is 1. The predicted molar refractivity (Wildman–Crippen MR) is 102 cm³/mol. The van der Waals surface area contributed by atoms with E-state index in [9.17, 15) is 14.4 Å². The highest BCUT2D eigenvalue weighted by Gasteiger charge is 2.32. The van der Waals surface area contributed by atoms with Gasteiger partial charge in [0.2, 0.25) is 0 Å². The van der Waals surface area contributed by atoms with Gasteiger partial charge in [0.15, 0.2) is 6.10 Å². The molecule has 0 saturated carbocycles. The standard InChI is InChI=1S/C20H20N2O4S/c21-17(23)16-13-8-2-1-3-9-15(13)27-19(16)22-18(24)14-10-11-6-4-5-7-12(11)20(25)26-14/h4-7,14H,1-3,8-10H2,(H2,21,23)(H,22,24). The molecule has 1 aromatic heterocycles. The van der Waals surface area contributed by atoms with Crippen LogP contribution >= 0.6 is 11.3 Å². The minimum absolute atomic E-state index is 0.310. The highest BCUT2D eigenvalue weighted by molar-refractivity contribution is 7.17. The molecule has 1 unspecified atom stereocenters. The number of esters is 1. The molecule has 140 valence electrons. The Bertz CT molecular complexity index is 934. The fraction of sp³-hybridized carbons (Fsp3) is 0.350. The second kappa shape index (κ2) is 7.15. The number of hydrogen-bond donors (Lipinski definition) is 2. The number of rotatable bonds is 3. The molecule has 27 heavy (non-hydrogen) atoms. The number of primary amides is 1. The Morgan fingerprint density at radius 1 is 1.15 bits per heavy atom. The molecule has 0 fully saturated rings. The summed E-state index contributed by atoms with van der Waals surface area (Å²) in [5.74, 6) is -1.47. The fourth-order valence-corrected chi connectivity index (χ4v) is 5.06. The Labute approximate surface area is 160 Å². The number of amides is 2. The molecule has 2 aromatic rings. The number of carbonyl (C=O) groups is 3. The summed E-state index contributed by atoms with van der Waals surface area (Å²) in [6.45, 7) is 0. The fourth-order valence-electron chi connectivity index (χ4n) is 3.76. The molecular weight excluding hydrogens is 364 g/mol. The van der Waals surface area contributed by atoms with Gasteiger partial charge in [-0.05, 0) is 42.9 Å². The molecule has 0 bridgehead atoms. The molecule has 1 atom stereocenters. The number of carbonyl (C=O) groups excluding carboxylic acids is 3. The summed E-state index contributed by atoms with van der Waals surface area (Å²) in [5.41, 5.74) is 8.25. The van der Waals surface area contributed by atoms with E-state index in [4.69, 9.17) is 10.5 Å². The maximum Gasteiger partial charge on any atom is 0.339 e. The first kappa shape index (κ1) is 17.7. The number of anilines is 1. The Morgan fingerprint density at radius 3 is 2.74 bits per heavy atom. The van der Waals surface area contributed by atoms with E-state index in [1.807, 2.05) is 12.1 Å². The number of aryl methyl sites for hydroxylation is 1. The molecule has 1 aliphatic heterocycles. The van der Waals surface area contributed by atoms with Gasteiger partial charge in [-0.1, -0.05) is 24.6 Å². The third-order valence-corrected chi connectivity index (χ3v) is 6.30. The average molecular weight is 384 g/mol. The average Bonchev–Trinajstić information content (AvgIpc) is 2.82. The maximum atomic E-state index is 12.7. The van der Waals surface area contributed by atoms with Gasteiger partial charge in [0.25, 0.3) is 11.8 Å². The van der Waals surface area contributed by atoms with Crippen molar-refractivity contribution in [2.24, 2.45) is 5.73 Å². The lowest BCUT2D eigenvalue weighted by Gasteiger charge is -2.23. The molecule has 0 radical (unpaired) electrons. The molecule has 1 aliphatic carbocycles. The predicted octanol–water partition coefficient (Wildman–Crippen LogP) is 2.84. The van der Waals surface area contributed by atoms with E-state index in [1.54, 1.807) is 12.1 Å². The molecule has 2 amide bonds. The van der Waals surface area contributed by atoms with Crippen molar-refractivity contribution in [2.75, 3.05) is 5.32 Å². The van der Waals surface area contributed by atoms with Crippen molar-refractivity contribution in [1.82, 2.24) is 0 Å². The van der Waals surface area contributed by atoms with Crippen LogP contribution in [0.4, 0.5) is 5.00 Å². The summed E-state index contributed by atoms with van der Waals surface area (Å²) in [6, 6.07) is 7.10. The normalized spacial score (nSPS) is 18.7. The number of nitrogens with two attached hydrogens (primary N) is 1. The van der Waals surface area contributed by atoms with Crippen molar-refractivity contribution >= 4 is 34.1 Å². The van der Waals surface area contributed by atoms with Crippen LogP contribution in [0.25, 0.3) is 0 Å². The lowest BCUT2D eigenvalue weighted by Crippen LogP contribution is -2.38. The summed E-state index contributed by atoms with van der Waals surface area (Å²) < 4.78 is 5.31. The zero-order valence-corrected chi connectivity index (χ0v) is 15.6. The van der Waals surface area contributed by atoms with Gasteiger partial charge in [0.1, 0.15) is 5.00 Å². The minimum atomic E-state index is -0.921. The summed E-state index contributed by atoms with van der Waals surface area (Å²) >= 11 is 1.41. The van der Waals surface area contributed by atoms with Crippen LogP contribution in [0.3, 0.4) is 0 Å². The van der Waals surface area contributed by atoms with E-state index < -0.39 is 23.9 Å². The molecular formula is C20H20N2O4S. The third-order valence-electron chi connectivity index (χ3n) is 5.09. The smallest absolute Gasteiger partial charge is 0.339 e. The summed E-state index contributed by atoms with van der Waals surface area (Å²) in [5, 5.41) is 3.26. The van der Waals surface area contributed by atoms with Gasteiger partial charge in [-0.25, -0.2) is 4.79 Å². The van der Waals surface area contributed by atoms with Crippen molar-refractivity contribution in [3.05, 3.63) is 51.4 Å². The minimum Gasteiger partial charge on any atom is -0.448 e. The maximum absolute atomic E-state index is 12.7. The van der Waals surface area contributed by atoms with E-state index in [0.717, 1.165) is 48.1 Å². The summed E-state index contributed by atoms with van der Waals surface area (Å²) in [7, 11) is 0. The summed E-state index contributed by atoms with van der Waals surface area (Å²) in [4.78, 5) is 38.0. The van der Waals surface area contributed by atoms with Crippen molar-refractivity contribution in [3.63, 3.8) is 0 Å². The largest absolute Gasteiger partial charge is 0.448 e. The number of thiophene rings is 1. The van der Waals surface area contributed by atoms with Gasteiger partial charge in [-0.3, -0.25) is 9.59 Å². The van der Waals surface area contributed by atoms with Crippen LogP contribution in [0.2, 0.25) is 0 Å². The van der Waals surface area contributed by atoms with E-state index in [2.05, 4.69) is 5.32 Å². The summed E-state index contributed by atoms with van der Waals surface area (Å²) in [6.07, 6.45) is 4.27. The number of fused-ring (bicyclic) bond motifs is 2. The van der Waals surface area contributed by atoms with Gasteiger partial charge >= 0.3 is 5.97 Å². The van der Waals surface area contributed by atoms with Crippen LogP contribution in [-0.4, -0.2) is 23.9 Å². The lowest BCUT2D eigenvalue weighted by molar-refractivity contribution is -0.125. The molecule has 2 heterocycles. The Hall–Kier alpha value is -2.67. The number of cyclic esters (lactones) is 1. The highest BCUT2D eigenvalue weighted by atomic mass is 32.1. The number of hydrogen-bond acceptors (Lipinski definition) is 5. The van der Waals surface area contributed by atoms with E-state index in [-0.39, 0.29) is 0 Å². The molecule has 6 nitrogen and oxygen atoms in total. The first-order valence-corrected chi connectivity index (χ1v) is 9.90. The monoisotopic (exact) mass is 384 g/mol. The van der Waals surface area contributed by atoms with E-state index >= 15 is 0 Å². The van der Waals surface area contributed by atoms with Crippen LogP contribution in [0, 0.1) is 0 Å². The molecule has 3 N–H and O–H groups in total. The van der Waals surface area contributed by atoms with Crippen LogP contribution in [0.5, 0.6) is 0 Å². The molecule has 4 rings (SSSR count).